The Hall–Kier alpha value is -2.78. The number of imidazole rings is 1. The summed E-state index contributed by atoms with van der Waals surface area (Å²) in [5.74, 6) is -1.15. The second-order valence-electron chi connectivity index (χ2n) is 6.90. The topological polar surface area (TPSA) is 114 Å². The van der Waals surface area contributed by atoms with E-state index in [1.54, 1.807) is 24.5 Å². The second-order valence-corrected chi connectivity index (χ2v) is 7.68. The van der Waals surface area contributed by atoms with Crippen LogP contribution in [0.1, 0.15) is 35.8 Å². The van der Waals surface area contributed by atoms with Gasteiger partial charge in [-0.2, -0.15) is 0 Å². The van der Waals surface area contributed by atoms with Crippen molar-refractivity contribution in [3.05, 3.63) is 51.5 Å². The molecule has 1 aromatic heterocycles. The first-order valence-corrected chi connectivity index (χ1v) is 10.3. The van der Waals surface area contributed by atoms with Crippen molar-refractivity contribution in [1.29, 1.82) is 0 Å². The second kappa shape index (κ2) is 10.0. The van der Waals surface area contributed by atoms with Gasteiger partial charge in [-0.1, -0.05) is 35.3 Å². The summed E-state index contributed by atoms with van der Waals surface area (Å²) < 4.78 is 9.39. The Kier molecular flexibility index (Phi) is 7.40. The third-order valence-electron chi connectivity index (χ3n) is 5.11. The monoisotopic (exact) mass is 468 g/mol. The lowest BCUT2D eigenvalue weighted by molar-refractivity contribution is -0.144. The number of halogens is 2. The number of carbonyl (C=O) groups excluding carboxylic acids is 3. The van der Waals surface area contributed by atoms with E-state index < -0.39 is 30.1 Å². The van der Waals surface area contributed by atoms with Gasteiger partial charge in [0, 0.05) is 30.6 Å². The molecule has 2 atom stereocenters. The van der Waals surface area contributed by atoms with E-state index >= 15 is 0 Å². The smallest absolute Gasteiger partial charge is 0.328 e. The van der Waals surface area contributed by atoms with Crippen molar-refractivity contribution in [3.63, 3.8) is 0 Å². The van der Waals surface area contributed by atoms with E-state index in [0.29, 0.717) is 34.3 Å². The van der Waals surface area contributed by atoms with Crippen LogP contribution in [-0.4, -0.2) is 59.6 Å². The molecule has 0 saturated carbocycles. The normalized spacial score (nSPS) is 16.3. The van der Waals surface area contributed by atoms with E-state index in [2.05, 4.69) is 20.0 Å². The summed E-state index contributed by atoms with van der Waals surface area (Å²) in [5.41, 5.74) is 2.15. The maximum Gasteiger partial charge on any atom is 0.328 e. The van der Waals surface area contributed by atoms with Gasteiger partial charge in [-0.15, -0.1) is 0 Å². The van der Waals surface area contributed by atoms with Gasteiger partial charge in [0.2, 0.25) is 0 Å². The number of carbonyl (C=O) groups is 3. The van der Waals surface area contributed by atoms with Gasteiger partial charge < -0.3 is 24.7 Å². The number of aromatic nitrogens is 2. The fourth-order valence-electron chi connectivity index (χ4n) is 3.53. The summed E-state index contributed by atoms with van der Waals surface area (Å²) in [6, 6.07) is 3.03. The van der Waals surface area contributed by atoms with Gasteiger partial charge >= 0.3 is 18.0 Å². The number of esters is 2. The Morgan fingerprint density at radius 1 is 1.29 bits per heavy atom. The van der Waals surface area contributed by atoms with E-state index in [9.17, 15) is 14.4 Å². The first kappa shape index (κ1) is 22.9. The third kappa shape index (κ3) is 4.94. The molecule has 2 N–H and O–H groups in total. The van der Waals surface area contributed by atoms with Crippen LogP contribution in [0.25, 0.3) is 0 Å². The SMILES string of the molecule is COC(=O)CC[C@@H](NC(=O)N1CCc2[nH]cnc2[C@H]1c1cccc(Cl)c1Cl)C(=O)OC. The zero-order chi connectivity index (χ0) is 22.5. The minimum absolute atomic E-state index is 0.0369. The van der Waals surface area contributed by atoms with Crippen LogP contribution in [0.5, 0.6) is 0 Å². The molecule has 1 aliphatic heterocycles. The summed E-state index contributed by atoms with van der Waals surface area (Å²) in [5, 5.41) is 3.34. The lowest BCUT2D eigenvalue weighted by Crippen LogP contribution is -2.51. The third-order valence-corrected chi connectivity index (χ3v) is 5.94. The molecule has 1 aromatic carbocycles. The van der Waals surface area contributed by atoms with E-state index in [1.807, 2.05) is 0 Å². The molecular weight excluding hydrogens is 447 g/mol. The first-order valence-electron chi connectivity index (χ1n) is 9.55. The van der Waals surface area contributed by atoms with Crippen molar-refractivity contribution in [2.75, 3.05) is 20.8 Å². The van der Waals surface area contributed by atoms with Crippen molar-refractivity contribution < 1.29 is 23.9 Å². The predicted molar refractivity (Wildman–Crippen MR) is 113 cm³/mol. The van der Waals surface area contributed by atoms with Crippen molar-refractivity contribution in [1.82, 2.24) is 20.2 Å². The first-order chi connectivity index (χ1) is 14.9. The molecule has 2 aromatic rings. The molecule has 3 rings (SSSR count). The summed E-state index contributed by atoms with van der Waals surface area (Å²) in [4.78, 5) is 45.9. The molecule has 0 fully saturated rings. The van der Waals surface area contributed by atoms with Gasteiger partial charge in [0.25, 0.3) is 0 Å². The summed E-state index contributed by atoms with van der Waals surface area (Å²) >= 11 is 12.7. The molecule has 0 spiro atoms. The van der Waals surface area contributed by atoms with Crippen LogP contribution < -0.4 is 5.32 Å². The molecular formula is C20H22Cl2N4O5. The minimum atomic E-state index is -1.02. The highest BCUT2D eigenvalue weighted by Gasteiger charge is 2.37. The molecule has 2 amide bonds. The van der Waals surface area contributed by atoms with Crippen LogP contribution >= 0.6 is 23.2 Å². The van der Waals surface area contributed by atoms with Crippen molar-refractivity contribution >= 4 is 41.2 Å². The van der Waals surface area contributed by atoms with E-state index in [1.165, 1.54) is 19.1 Å². The Morgan fingerprint density at radius 3 is 2.77 bits per heavy atom. The minimum Gasteiger partial charge on any atom is -0.469 e. The van der Waals surface area contributed by atoms with Gasteiger partial charge in [0.05, 0.1) is 36.3 Å². The molecule has 2 heterocycles. The van der Waals surface area contributed by atoms with Crippen LogP contribution in [0.3, 0.4) is 0 Å². The Morgan fingerprint density at radius 2 is 2.06 bits per heavy atom. The van der Waals surface area contributed by atoms with Crippen molar-refractivity contribution in [2.24, 2.45) is 0 Å². The number of rotatable bonds is 6. The average Bonchev–Trinajstić information content (AvgIpc) is 3.26. The largest absolute Gasteiger partial charge is 0.469 e. The predicted octanol–water partition coefficient (Wildman–Crippen LogP) is 2.87. The number of methoxy groups -OCH3 is 2. The standard InChI is InChI=1S/C20H22Cl2N4O5/c1-30-15(27)7-6-14(19(28)31-2)25-20(29)26-9-8-13-17(24-10-23-13)18(26)11-4-3-5-12(21)16(11)22/h3-5,10,14,18H,6-9H2,1-2H3,(H,23,24)(H,25,29)/t14-,18-/m1/s1. The zero-order valence-corrected chi connectivity index (χ0v) is 18.5. The molecule has 31 heavy (non-hydrogen) atoms. The summed E-state index contributed by atoms with van der Waals surface area (Å²) in [6.45, 7) is 0.347. The van der Waals surface area contributed by atoms with Gasteiger partial charge in [-0.05, 0) is 12.5 Å². The van der Waals surface area contributed by atoms with Crippen LogP contribution in [0.15, 0.2) is 24.5 Å². The molecule has 0 unspecified atom stereocenters. The fraction of sp³-hybridized carbons (Fsp3) is 0.400. The van der Waals surface area contributed by atoms with Gasteiger partial charge in [-0.3, -0.25) is 4.79 Å². The molecule has 0 saturated heterocycles. The number of benzene rings is 1. The molecule has 0 aliphatic carbocycles. The molecule has 11 heteroatoms. The van der Waals surface area contributed by atoms with Crippen LogP contribution in [0.2, 0.25) is 10.0 Å². The molecule has 1 aliphatic rings. The number of urea groups is 1. The van der Waals surface area contributed by atoms with Gasteiger partial charge in [0.15, 0.2) is 0 Å². The van der Waals surface area contributed by atoms with E-state index in [0.717, 1.165) is 5.69 Å². The highest BCUT2D eigenvalue weighted by Crippen LogP contribution is 2.39. The summed E-state index contributed by atoms with van der Waals surface area (Å²) in [6.07, 6.45) is 2.09. The summed E-state index contributed by atoms with van der Waals surface area (Å²) in [7, 11) is 2.47. The van der Waals surface area contributed by atoms with Crippen LogP contribution in [-0.2, 0) is 25.5 Å². The number of fused-ring (bicyclic) bond motifs is 1. The molecule has 9 nitrogen and oxygen atoms in total. The quantitative estimate of drug-likeness (QED) is 0.629. The fourth-order valence-corrected chi connectivity index (χ4v) is 3.94. The maximum absolute atomic E-state index is 13.2. The van der Waals surface area contributed by atoms with Crippen LogP contribution in [0.4, 0.5) is 4.79 Å². The Balaban J connectivity index is 1.89. The number of nitrogens with zero attached hydrogens (tertiary/aromatic N) is 2. The molecule has 166 valence electrons. The number of aromatic amines is 1. The van der Waals surface area contributed by atoms with Crippen LogP contribution in [0, 0.1) is 0 Å². The van der Waals surface area contributed by atoms with Gasteiger partial charge in [-0.25, -0.2) is 14.6 Å². The van der Waals surface area contributed by atoms with Gasteiger partial charge in [0.1, 0.15) is 12.1 Å². The Bertz CT molecular complexity index is 980. The number of amides is 2. The molecule has 0 bridgehead atoms. The Labute approximate surface area is 189 Å². The van der Waals surface area contributed by atoms with E-state index in [4.69, 9.17) is 27.9 Å². The van der Waals surface area contributed by atoms with E-state index in [-0.39, 0.29) is 12.8 Å². The number of hydrogen-bond acceptors (Lipinski definition) is 6. The lowest BCUT2D eigenvalue weighted by atomic mass is 9.96. The highest BCUT2D eigenvalue weighted by molar-refractivity contribution is 6.42. The van der Waals surface area contributed by atoms with Crippen molar-refractivity contribution in [2.45, 2.75) is 31.3 Å². The number of hydrogen-bond donors (Lipinski definition) is 2. The number of ether oxygens (including phenoxy) is 2. The average molecular weight is 469 g/mol. The van der Waals surface area contributed by atoms with Crippen molar-refractivity contribution in [3.8, 4) is 0 Å². The maximum atomic E-state index is 13.2. The zero-order valence-electron chi connectivity index (χ0n) is 17.0. The molecule has 0 radical (unpaired) electrons. The number of H-pyrrole nitrogens is 1. The lowest BCUT2D eigenvalue weighted by Gasteiger charge is -2.36. The highest BCUT2D eigenvalue weighted by atomic mass is 35.5. The number of nitrogens with one attached hydrogen (secondary N) is 2.